The lowest BCUT2D eigenvalue weighted by Crippen LogP contribution is -2.51. The minimum Gasteiger partial charge on any atom is -0.444 e. The average molecular weight is 538 g/mol. The van der Waals surface area contributed by atoms with Crippen molar-refractivity contribution in [1.29, 1.82) is 0 Å². The molecular weight excluding hydrogens is 499 g/mol. The Morgan fingerprint density at radius 2 is 1.76 bits per heavy atom. The molecule has 0 aromatic carbocycles. The predicted octanol–water partition coefficient (Wildman–Crippen LogP) is 1.70. The van der Waals surface area contributed by atoms with Crippen LogP contribution in [-0.2, 0) is 28.7 Å². The molecule has 13 heteroatoms. The monoisotopic (exact) mass is 538 g/mol. The zero-order chi connectivity index (χ0) is 27.8. The number of nitrogens with zero attached hydrogens (tertiary/aromatic N) is 3. The minimum absolute atomic E-state index is 0.180. The first-order chi connectivity index (χ1) is 16.9. The molecule has 3 rings (SSSR count). The zero-order valence-electron chi connectivity index (χ0n) is 23.0. The van der Waals surface area contributed by atoms with Crippen LogP contribution in [0, 0.1) is 5.92 Å². The zero-order valence-corrected chi connectivity index (χ0v) is 23.8. The third-order valence-corrected chi connectivity index (χ3v) is 8.52. The van der Waals surface area contributed by atoms with Gasteiger partial charge >= 0.3 is 13.2 Å². The molecule has 2 amide bonds. The van der Waals surface area contributed by atoms with Crippen molar-refractivity contribution in [2.45, 2.75) is 96.2 Å². The SMILES string of the molecule is CC(NC(=O)OC(C)(C)C)C(=O)N1CCCC(CS(=O)(=O)c2ncc(B3OC(C)(C)C(C)(C)O3)cn2)C1. The molecule has 2 aliphatic heterocycles. The second-order valence-corrected chi connectivity index (χ2v) is 13.8. The molecule has 37 heavy (non-hydrogen) atoms. The number of carbonyl (C=O) groups excluding carboxylic acids is 2. The second kappa shape index (κ2) is 10.5. The van der Waals surface area contributed by atoms with E-state index in [1.807, 2.05) is 27.7 Å². The van der Waals surface area contributed by atoms with E-state index in [-0.39, 0.29) is 29.3 Å². The van der Waals surface area contributed by atoms with Gasteiger partial charge in [-0.3, -0.25) is 4.79 Å². The number of hydrogen-bond donors (Lipinski definition) is 1. The number of piperidine rings is 1. The maximum atomic E-state index is 13.1. The van der Waals surface area contributed by atoms with Crippen LogP contribution in [0.4, 0.5) is 4.79 Å². The van der Waals surface area contributed by atoms with Crippen LogP contribution in [0.1, 0.15) is 68.2 Å². The van der Waals surface area contributed by atoms with Crippen molar-refractivity contribution in [3.05, 3.63) is 12.4 Å². The van der Waals surface area contributed by atoms with Gasteiger partial charge in [0.05, 0.1) is 17.0 Å². The van der Waals surface area contributed by atoms with Gasteiger partial charge in [-0.25, -0.2) is 23.2 Å². The van der Waals surface area contributed by atoms with Crippen molar-refractivity contribution in [1.82, 2.24) is 20.2 Å². The molecule has 1 N–H and O–H groups in total. The summed E-state index contributed by atoms with van der Waals surface area (Å²) in [6.45, 7) is 15.3. The highest BCUT2D eigenvalue weighted by Crippen LogP contribution is 2.36. The molecule has 11 nitrogen and oxygen atoms in total. The largest absolute Gasteiger partial charge is 0.498 e. The highest BCUT2D eigenvalue weighted by atomic mass is 32.2. The van der Waals surface area contributed by atoms with E-state index in [4.69, 9.17) is 14.0 Å². The van der Waals surface area contributed by atoms with E-state index in [9.17, 15) is 18.0 Å². The van der Waals surface area contributed by atoms with Gasteiger partial charge in [-0.1, -0.05) is 0 Å². The molecular formula is C24H39BN4O7S. The summed E-state index contributed by atoms with van der Waals surface area (Å²) in [6.07, 6.45) is 3.48. The second-order valence-electron chi connectivity index (χ2n) is 11.8. The number of hydrogen-bond acceptors (Lipinski definition) is 9. The number of aromatic nitrogens is 2. The fourth-order valence-corrected chi connectivity index (χ4v) is 5.66. The highest BCUT2D eigenvalue weighted by molar-refractivity contribution is 7.91. The van der Waals surface area contributed by atoms with Crippen molar-refractivity contribution in [2.24, 2.45) is 5.92 Å². The van der Waals surface area contributed by atoms with Gasteiger partial charge in [0.2, 0.25) is 20.9 Å². The molecule has 0 saturated carbocycles. The lowest BCUT2D eigenvalue weighted by Gasteiger charge is -2.34. The fourth-order valence-electron chi connectivity index (χ4n) is 4.19. The summed E-state index contributed by atoms with van der Waals surface area (Å²) in [4.78, 5) is 34.7. The lowest BCUT2D eigenvalue weighted by molar-refractivity contribution is -0.134. The summed E-state index contributed by atoms with van der Waals surface area (Å²) in [5.74, 6) is -0.737. The first kappa shape index (κ1) is 29.3. The number of carbonyl (C=O) groups is 2. The number of nitrogens with one attached hydrogen (secondary N) is 1. The van der Waals surface area contributed by atoms with Crippen LogP contribution in [0.5, 0.6) is 0 Å². The van der Waals surface area contributed by atoms with Gasteiger partial charge in [-0.05, 0) is 74.1 Å². The van der Waals surface area contributed by atoms with Gasteiger partial charge in [0.15, 0.2) is 0 Å². The molecule has 2 unspecified atom stereocenters. The molecule has 0 radical (unpaired) electrons. The van der Waals surface area contributed by atoms with E-state index in [1.54, 1.807) is 32.6 Å². The summed E-state index contributed by atoms with van der Waals surface area (Å²) >= 11 is 0. The van der Waals surface area contributed by atoms with E-state index in [2.05, 4.69) is 15.3 Å². The van der Waals surface area contributed by atoms with Gasteiger partial charge < -0.3 is 24.3 Å². The first-order valence-corrected chi connectivity index (χ1v) is 14.2. The lowest BCUT2D eigenvalue weighted by atomic mass is 9.81. The van der Waals surface area contributed by atoms with Crippen LogP contribution in [0.25, 0.3) is 0 Å². The third kappa shape index (κ3) is 7.20. The number of rotatable bonds is 6. The van der Waals surface area contributed by atoms with E-state index >= 15 is 0 Å². The molecule has 1 aromatic heterocycles. The fraction of sp³-hybridized carbons (Fsp3) is 0.750. The molecule has 1 aromatic rings. The van der Waals surface area contributed by atoms with Crippen LogP contribution in [-0.4, -0.2) is 84.1 Å². The summed E-state index contributed by atoms with van der Waals surface area (Å²) in [7, 11) is -4.47. The van der Waals surface area contributed by atoms with E-state index < -0.39 is 45.9 Å². The molecule has 2 atom stereocenters. The summed E-state index contributed by atoms with van der Waals surface area (Å²) in [5.41, 5.74) is -1.21. The summed E-state index contributed by atoms with van der Waals surface area (Å²) < 4.78 is 43.3. The Labute approximate surface area is 220 Å². The molecule has 2 saturated heterocycles. The molecule has 0 spiro atoms. The smallest absolute Gasteiger partial charge is 0.444 e. The topological polar surface area (TPSA) is 137 Å². The van der Waals surface area contributed by atoms with E-state index in [0.29, 0.717) is 24.8 Å². The molecule has 206 valence electrons. The Kier molecular flexibility index (Phi) is 8.31. The standard InChI is InChI=1S/C24H39BN4O7S/c1-16(28-21(31)34-22(2,3)4)19(30)29-11-9-10-17(14-29)15-37(32,33)20-26-12-18(13-27-20)25-35-23(5,6)24(7,8)36-25/h12-13,16-17H,9-11,14-15H2,1-8H3,(H,28,31). The Hall–Kier alpha value is -2.25. The quantitative estimate of drug-likeness (QED) is 0.424. The minimum atomic E-state index is -3.79. The molecule has 2 fully saturated rings. The number of sulfone groups is 1. The van der Waals surface area contributed by atoms with Crippen molar-refractivity contribution in [3.8, 4) is 0 Å². The van der Waals surface area contributed by atoms with Crippen LogP contribution >= 0.6 is 0 Å². The van der Waals surface area contributed by atoms with Crippen molar-refractivity contribution in [2.75, 3.05) is 18.8 Å². The van der Waals surface area contributed by atoms with Crippen molar-refractivity contribution < 1.29 is 32.1 Å². The van der Waals surface area contributed by atoms with Crippen LogP contribution < -0.4 is 10.8 Å². The maximum Gasteiger partial charge on any atom is 0.498 e. The number of ether oxygens (including phenoxy) is 1. The van der Waals surface area contributed by atoms with Crippen LogP contribution in [0.3, 0.4) is 0 Å². The average Bonchev–Trinajstić information content (AvgIpc) is 2.98. The molecule has 2 aliphatic rings. The highest BCUT2D eigenvalue weighted by Gasteiger charge is 2.52. The van der Waals surface area contributed by atoms with Gasteiger partial charge in [0, 0.05) is 30.9 Å². The van der Waals surface area contributed by atoms with E-state index in [1.165, 1.54) is 12.4 Å². The molecule has 0 aliphatic carbocycles. The molecule has 0 bridgehead atoms. The van der Waals surface area contributed by atoms with Gasteiger partial charge in [-0.15, -0.1) is 0 Å². The van der Waals surface area contributed by atoms with Gasteiger partial charge in [0.25, 0.3) is 0 Å². The van der Waals surface area contributed by atoms with E-state index in [0.717, 1.165) is 0 Å². The van der Waals surface area contributed by atoms with Crippen molar-refractivity contribution in [3.63, 3.8) is 0 Å². The predicted molar refractivity (Wildman–Crippen MR) is 138 cm³/mol. The first-order valence-electron chi connectivity index (χ1n) is 12.6. The Balaban J connectivity index is 1.60. The summed E-state index contributed by atoms with van der Waals surface area (Å²) in [5, 5.41) is 2.28. The maximum absolute atomic E-state index is 13.1. The Morgan fingerprint density at radius 1 is 1.19 bits per heavy atom. The number of likely N-dealkylation sites (tertiary alicyclic amines) is 1. The number of amides is 2. The van der Waals surface area contributed by atoms with Crippen molar-refractivity contribution >= 4 is 34.4 Å². The summed E-state index contributed by atoms with van der Waals surface area (Å²) in [6, 6.07) is -0.795. The molecule has 3 heterocycles. The van der Waals surface area contributed by atoms with Crippen LogP contribution in [0.15, 0.2) is 17.6 Å². The Bertz CT molecular complexity index is 1090. The normalized spacial score (nSPS) is 22.4. The van der Waals surface area contributed by atoms with Gasteiger partial charge in [0.1, 0.15) is 11.6 Å². The Morgan fingerprint density at radius 3 is 2.30 bits per heavy atom. The number of alkyl carbamates (subject to hydrolysis) is 1. The van der Waals surface area contributed by atoms with Gasteiger partial charge in [-0.2, -0.15) is 0 Å². The third-order valence-electron chi connectivity index (χ3n) is 6.84. The van der Waals surface area contributed by atoms with Crippen LogP contribution in [0.2, 0.25) is 0 Å².